The van der Waals surface area contributed by atoms with E-state index in [2.05, 4.69) is 11.1 Å². The number of halogens is 2. The van der Waals surface area contributed by atoms with E-state index in [1.807, 2.05) is 12.1 Å². The maximum atomic E-state index is 12.9. The highest BCUT2D eigenvalue weighted by molar-refractivity contribution is 6.31. The summed E-state index contributed by atoms with van der Waals surface area (Å²) in [5.74, 6) is 0.113. The van der Waals surface area contributed by atoms with E-state index in [0.717, 1.165) is 16.5 Å². The van der Waals surface area contributed by atoms with Gasteiger partial charge in [0, 0.05) is 23.0 Å². The lowest BCUT2D eigenvalue weighted by molar-refractivity contribution is 0.256. The van der Waals surface area contributed by atoms with Crippen molar-refractivity contribution < 1.29 is 9.13 Å². The van der Waals surface area contributed by atoms with Gasteiger partial charge in [-0.15, -0.1) is 0 Å². The number of ether oxygens (including phenoxy) is 1. The molecule has 0 radical (unpaired) electrons. The summed E-state index contributed by atoms with van der Waals surface area (Å²) in [6.07, 6.45) is 1.40. The Hall–Kier alpha value is -2.64. The molecule has 0 aliphatic rings. The zero-order valence-corrected chi connectivity index (χ0v) is 12.8. The first-order chi connectivity index (χ1) is 11.2. The first-order valence-corrected chi connectivity index (χ1v) is 7.38. The van der Waals surface area contributed by atoms with Crippen LogP contribution < -0.4 is 4.74 Å². The smallest absolute Gasteiger partial charge is 0.188 e. The number of hydrogen-bond acceptors (Lipinski definition) is 3. The number of aromatic nitrogens is 1. The van der Waals surface area contributed by atoms with Gasteiger partial charge in [-0.3, -0.25) is 4.98 Å². The second-order valence-corrected chi connectivity index (χ2v) is 5.46. The molecule has 0 aliphatic heterocycles. The van der Waals surface area contributed by atoms with Crippen LogP contribution in [0.5, 0.6) is 5.75 Å². The summed E-state index contributed by atoms with van der Waals surface area (Å²) in [6, 6.07) is 15.0. The Morgan fingerprint density at radius 3 is 2.70 bits per heavy atom. The van der Waals surface area contributed by atoms with Gasteiger partial charge in [0.1, 0.15) is 17.6 Å². The third kappa shape index (κ3) is 3.58. The third-order valence-corrected chi connectivity index (χ3v) is 3.67. The Labute approximate surface area is 137 Å². The van der Waals surface area contributed by atoms with Crippen molar-refractivity contribution in [2.75, 3.05) is 0 Å². The Morgan fingerprint density at radius 2 is 1.96 bits per heavy atom. The van der Waals surface area contributed by atoms with Gasteiger partial charge >= 0.3 is 0 Å². The van der Waals surface area contributed by atoms with Gasteiger partial charge in [0.15, 0.2) is 6.10 Å². The fourth-order valence-electron chi connectivity index (χ4n) is 2.35. The molecule has 1 unspecified atom stereocenters. The predicted octanol–water partition coefficient (Wildman–Crippen LogP) is 4.54. The second-order valence-electron chi connectivity index (χ2n) is 5.03. The van der Waals surface area contributed by atoms with Crippen LogP contribution >= 0.6 is 11.6 Å². The van der Waals surface area contributed by atoms with Crippen LogP contribution in [0, 0.1) is 17.1 Å². The van der Waals surface area contributed by atoms with E-state index in [4.69, 9.17) is 16.3 Å². The zero-order valence-electron chi connectivity index (χ0n) is 12.0. The molecule has 0 saturated carbocycles. The molecule has 1 heterocycles. The second kappa shape index (κ2) is 6.64. The fraction of sp³-hybridized carbons (Fsp3) is 0.111. The van der Waals surface area contributed by atoms with Crippen LogP contribution in [0.1, 0.15) is 5.56 Å². The molecule has 1 atom stereocenters. The van der Waals surface area contributed by atoms with Gasteiger partial charge in [-0.1, -0.05) is 17.7 Å². The van der Waals surface area contributed by atoms with Crippen LogP contribution in [-0.2, 0) is 6.42 Å². The van der Waals surface area contributed by atoms with E-state index in [9.17, 15) is 9.65 Å². The number of benzene rings is 2. The Balaban J connectivity index is 1.84. The minimum absolute atomic E-state index is 0.345. The minimum atomic E-state index is -0.679. The summed E-state index contributed by atoms with van der Waals surface area (Å²) < 4.78 is 18.5. The average molecular weight is 327 g/mol. The highest BCUT2D eigenvalue weighted by Crippen LogP contribution is 2.23. The maximum Gasteiger partial charge on any atom is 0.188 e. The summed E-state index contributed by atoms with van der Waals surface area (Å²) in [6.45, 7) is 0. The lowest BCUT2D eigenvalue weighted by atomic mass is 10.0. The average Bonchev–Trinajstić information content (AvgIpc) is 2.56. The topological polar surface area (TPSA) is 45.9 Å². The number of hydrogen-bond donors (Lipinski definition) is 0. The number of fused-ring (bicyclic) bond motifs is 1. The number of nitriles is 1. The van der Waals surface area contributed by atoms with Crippen molar-refractivity contribution in [3.8, 4) is 11.8 Å². The Bertz CT molecular complexity index is 874. The zero-order chi connectivity index (χ0) is 16.2. The van der Waals surface area contributed by atoms with E-state index in [1.165, 1.54) is 24.3 Å². The first kappa shape index (κ1) is 15.3. The lowest BCUT2D eigenvalue weighted by Gasteiger charge is -2.14. The molecule has 3 aromatic rings. The van der Waals surface area contributed by atoms with Gasteiger partial charge in [0.05, 0.1) is 5.52 Å². The van der Waals surface area contributed by atoms with Crippen molar-refractivity contribution in [3.05, 3.63) is 71.1 Å². The standard InChI is InChI=1S/C18H12ClFN2O/c19-13-1-6-17-12(7-8-22-18(17)10-13)9-16(11-21)23-15-4-2-14(20)3-5-15/h1-8,10,16H,9H2. The van der Waals surface area contributed by atoms with Gasteiger partial charge < -0.3 is 4.74 Å². The van der Waals surface area contributed by atoms with Gasteiger partial charge in [-0.25, -0.2) is 4.39 Å². The van der Waals surface area contributed by atoms with E-state index >= 15 is 0 Å². The van der Waals surface area contributed by atoms with Crippen molar-refractivity contribution in [1.82, 2.24) is 4.98 Å². The molecule has 0 N–H and O–H groups in total. The van der Waals surface area contributed by atoms with Gasteiger partial charge in [-0.2, -0.15) is 5.26 Å². The van der Waals surface area contributed by atoms with Crippen molar-refractivity contribution in [1.29, 1.82) is 5.26 Å². The molecule has 5 heteroatoms. The molecule has 0 bridgehead atoms. The highest BCUT2D eigenvalue weighted by atomic mass is 35.5. The van der Waals surface area contributed by atoms with Crippen molar-refractivity contribution >= 4 is 22.5 Å². The molecule has 0 amide bonds. The van der Waals surface area contributed by atoms with Crippen LogP contribution in [0.2, 0.25) is 5.02 Å². The number of rotatable bonds is 4. The number of nitrogens with zero attached hydrogens (tertiary/aromatic N) is 2. The van der Waals surface area contributed by atoms with Crippen LogP contribution in [0.25, 0.3) is 10.9 Å². The van der Waals surface area contributed by atoms with Gasteiger partial charge in [0.2, 0.25) is 0 Å². The summed E-state index contributed by atoms with van der Waals surface area (Å²) in [4.78, 5) is 4.28. The van der Waals surface area contributed by atoms with Gasteiger partial charge in [-0.05, 0) is 48.0 Å². The summed E-state index contributed by atoms with van der Waals surface area (Å²) >= 11 is 5.98. The predicted molar refractivity (Wildman–Crippen MR) is 86.9 cm³/mol. The van der Waals surface area contributed by atoms with Crippen LogP contribution in [0.3, 0.4) is 0 Å². The summed E-state index contributed by atoms with van der Waals surface area (Å²) in [7, 11) is 0. The van der Waals surface area contributed by atoms with Crippen LogP contribution in [0.4, 0.5) is 4.39 Å². The molecule has 0 spiro atoms. The largest absolute Gasteiger partial charge is 0.475 e. The third-order valence-electron chi connectivity index (χ3n) is 3.44. The molecule has 0 fully saturated rings. The van der Waals surface area contributed by atoms with Crippen molar-refractivity contribution in [2.45, 2.75) is 12.5 Å². The van der Waals surface area contributed by atoms with E-state index in [-0.39, 0.29) is 5.82 Å². The minimum Gasteiger partial charge on any atom is -0.475 e. The van der Waals surface area contributed by atoms with Gasteiger partial charge in [0.25, 0.3) is 0 Å². The molecule has 2 aromatic carbocycles. The Morgan fingerprint density at radius 1 is 1.17 bits per heavy atom. The van der Waals surface area contributed by atoms with E-state index in [0.29, 0.717) is 17.2 Å². The normalized spacial score (nSPS) is 11.9. The molecule has 0 aliphatic carbocycles. The number of pyridine rings is 1. The van der Waals surface area contributed by atoms with Crippen LogP contribution in [-0.4, -0.2) is 11.1 Å². The first-order valence-electron chi connectivity index (χ1n) is 7.01. The molecule has 0 saturated heterocycles. The summed E-state index contributed by atoms with van der Waals surface area (Å²) in [5, 5.41) is 10.9. The highest BCUT2D eigenvalue weighted by Gasteiger charge is 2.13. The molecule has 3 rings (SSSR count). The van der Waals surface area contributed by atoms with E-state index < -0.39 is 6.10 Å². The molecular formula is C18H12ClFN2O. The molecule has 1 aromatic heterocycles. The monoisotopic (exact) mass is 326 g/mol. The van der Waals surface area contributed by atoms with Crippen molar-refractivity contribution in [2.24, 2.45) is 0 Å². The van der Waals surface area contributed by atoms with Crippen LogP contribution in [0.15, 0.2) is 54.7 Å². The molecular weight excluding hydrogens is 315 g/mol. The molecule has 23 heavy (non-hydrogen) atoms. The maximum absolute atomic E-state index is 12.9. The fourth-order valence-corrected chi connectivity index (χ4v) is 2.52. The SMILES string of the molecule is N#CC(Cc1ccnc2cc(Cl)ccc12)Oc1ccc(F)cc1. The quantitative estimate of drug-likeness (QED) is 0.707. The lowest BCUT2D eigenvalue weighted by Crippen LogP contribution is -2.17. The van der Waals surface area contributed by atoms with E-state index in [1.54, 1.807) is 18.3 Å². The Kier molecular flexibility index (Phi) is 4.40. The summed E-state index contributed by atoms with van der Waals surface area (Å²) in [5.41, 5.74) is 1.72. The van der Waals surface area contributed by atoms with Crippen molar-refractivity contribution in [3.63, 3.8) is 0 Å². The molecule has 114 valence electrons. The molecule has 3 nitrogen and oxygen atoms in total.